The molecule has 0 aliphatic carbocycles. The van der Waals surface area contributed by atoms with Crippen molar-refractivity contribution in [2.24, 2.45) is 0 Å². The molecule has 0 radical (unpaired) electrons. The van der Waals surface area contributed by atoms with Crippen molar-refractivity contribution in [2.75, 3.05) is 11.9 Å². The number of carbonyl (C=O) groups is 2. The lowest BCUT2D eigenvalue weighted by Crippen LogP contribution is -2.67. The Morgan fingerprint density at radius 2 is 1.60 bits per heavy atom. The van der Waals surface area contributed by atoms with Crippen LogP contribution in [-0.4, -0.2) is 41.0 Å². The highest BCUT2D eigenvalue weighted by molar-refractivity contribution is 7.80. The van der Waals surface area contributed by atoms with Crippen LogP contribution in [0.3, 0.4) is 0 Å². The van der Waals surface area contributed by atoms with Gasteiger partial charge in [0, 0.05) is 12.6 Å². The second kappa shape index (κ2) is 7.03. The summed E-state index contributed by atoms with van der Waals surface area (Å²) in [5.74, 6) is -0.508. The van der Waals surface area contributed by atoms with Gasteiger partial charge < -0.3 is 10.2 Å². The summed E-state index contributed by atoms with van der Waals surface area (Å²) in [6.45, 7) is 1.88. The van der Waals surface area contributed by atoms with Crippen LogP contribution in [0.15, 0.2) is 60.7 Å². The van der Waals surface area contributed by atoms with Crippen molar-refractivity contribution in [2.45, 2.75) is 19.0 Å². The van der Waals surface area contributed by atoms with E-state index >= 15 is 0 Å². The fourth-order valence-corrected chi connectivity index (χ4v) is 3.17. The first-order chi connectivity index (χ1) is 12.0. The normalized spacial score (nSPS) is 20.6. The Morgan fingerprint density at radius 1 is 1.04 bits per heavy atom. The number of rotatable bonds is 3. The van der Waals surface area contributed by atoms with Crippen LogP contribution in [0, 0.1) is 0 Å². The summed E-state index contributed by atoms with van der Waals surface area (Å²) in [5, 5.41) is 3.28. The van der Waals surface area contributed by atoms with Gasteiger partial charge in [0.15, 0.2) is 5.11 Å². The minimum atomic E-state index is -0.690. The number of hydrogen-bond donors (Lipinski definition) is 1. The third kappa shape index (κ3) is 3.25. The van der Waals surface area contributed by atoms with E-state index in [1.807, 2.05) is 55.3 Å². The molecule has 2 unspecified atom stereocenters. The van der Waals surface area contributed by atoms with Crippen LogP contribution in [-0.2, 0) is 4.79 Å². The molecule has 128 valence electrons. The Hall–Kier alpha value is -2.73. The zero-order valence-electron chi connectivity index (χ0n) is 14.0. The highest BCUT2D eigenvalue weighted by Crippen LogP contribution is 2.24. The molecule has 0 spiro atoms. The molecule has 2 aromatic rings. The maximum atomic E-state index is 13.1. The summed E-state index contributed by atoms with van der Waals surface area (Å²) in [4.78, 5) is 28.9. The molecule has 1 N–H and O–H groups in total. The third-order valence-corrected chi connectivity index (χ3v) is 4.88. The van der Waals surface area contributed by atoms with Gasteiger partial charge in [0.05, 0.1) is 11.7 Å². The van der Waals surface area contributed by atoms with E-state index in [2.05, 4.69) is 5.32 Å². The maximum Gasteiger partial charge on any atom is 0.258 e. The average Bonchev–Trinajstić information content (AvgIpc) is 2.65. The number of carbonyl (C=O) groups excluding carboxylic acids is 2. The molecule has 25 heavy (non-hydrogen) atoms. The summed E-state index contributed by atoms with van der Waals surface area (Å²) >= 11 is 5.46. The summed E-state index contributed by atoms with van der Waals surface area (Å²) in [5.41, 5.74) is 1.21. The van der Waals surface area contributed by atoms with Crippen molar-refractivity contribution in [3.8, 4) is 0 Å². The van der Waals surface area contributed by atoms with E-state index in [1.165, 1.54) is 4.90 Å². The molecule has 2 aromatic carbocycles. The Balaban J connectivity index is 1.89. The molecular formula is C19H19N3O2S. The molecule has 1 aliphatic rings. The van der Waals surface area contributed by atoms with Crippen LogP contribution in [0.4, 0.5) is 5.69 Å². The molecule has 2 atom stereocenters. The predicted molar refractivity (Wildman–Crippen MR) is 101 cm³/mol. The number of hydrogen-bond acceptors (Lipinski definition) is 3. The lowest BCUT2D eigenvalue weighted by Gasteiger charge is -2.43. The van der Waals surface area contributed by atoms with E-state index in [1.54, 1.807) is 24.3 Å². The van der Waals surface area contributed by atoms with Crippen molar-refractivity contribution in [1.82, 2.24) is 10.2 Å². The van der Waals surface area contributed by atoms with Crippen LogP contribution < -0.4 is 10.2 Å². The van der Waals surface area contributed by atoms with Gasteiger partial charge in [0.1, 0.15) is 6.04 Å². The monoisotopic (exact) mass is 353 g/mol. The highest BCUT2D eigenvalue weighted by Gasteiger charge is 2.42. The van der Waals surface area contributed by atoms with Crippen molar-refractivity contribution < 1.29 is 9.59 Å². The molecule has 6 heteroatoms. The van der Waals surface area contributed by atoms with Crippen LogP contribution >= 0.6 is 12.2 Å². The minimum Gasteiger partial charge on any atom is -0.346 e. The van der Waals surface area contributed by atoms with Gasteiger partial charge in [-0.2, -0.15) is 0 Å². The maximum absolute atomic E-state index is 13.1. The van der Waals surface area contributed by atoms with Gasteiger partial charge in [-0.25, -0.2) is 0 Å². The Kier molecular flexibility index (Phi) is 4.81. The first-order valence-electron chi connectivity index (χ1n) is 8.02. The second-order valence-corrected chi connectivity index (χ2v) is 6.33. The van der Waals surface area contributed by atoms with Crippen LogP contribution in [0.1, 0.15) is 17.3 Å². The van der Waals surface area contributed by atoms with E-state index < -0.39 is 6.04 Å². The van der Waals surface area contributed by atoms with Gasteiger partial charge in [-0.05, 0) is 43.4 Å². The fourth-order valence-electron chi connectivity index (χ4n) is 2.81. The molecule has 3 rings (SSSR count). The van der Waals surface area contributed by atoms with Crippen molar-refractivity contribution >= 4 is 34.8 Å². The van der Waals surface area contributed by atoms with Crippen LogP contribution in [0.25, 0.3) is 0 Å². The van der Waals surface area contributed by atoms with E-state index in [4.69, 9.17) is 12.2 Å². The Bertz CT molecular complexity index is 795. The molecular weight excluding hydrogens is 334 g/mol. The SMILES string of the molecule is CC1C(NC(=O)c2ccccc2)C(=O)N(c2ccccc2)C(=S)N1C. The number of nitrogens with zero attached hydrogens (tertiary/aromatic N) is 2. The van der Waals surface area contributed by atoms with Gasteiger partial charge in [-0.3, -0.25) is 14.5 Å². The molecule has 0 aromatic heterocycles. The quantitative estimate of drug-likeness (QED) is 0.861. The van der Waals surface area contributed by atoms with Crippen molar-refractivity contribution in [3.63, 3.8) is 0 Å². The molecule has 1 heterocycles. The summed E-state index contributed by atoms with van der Waals surface area (Å²) < 4.78 is 0. The lowest BCUT2D eigenvalue weighted by atomic mass is 10.0. The van der Waals surface area contributed by atoms with E-state index in [0.29, 0.717) is 16.4 Å². The first kappa shape index (κ1) is 17.1. The number of thiocarbonyl (C=S) groups is 1. The number of benzene rings is 2. The zero-order valence-corrected chi connectivity index (χ0v) is 14.9. The molecule has 1 aliphatic heterocycles. The van der Waals surface area contributed by atoms with E-state index in [9.17, 15) is 9.59 Å². The average molecular weight is 353 g/mol. The van der Waals surface area contributed by atoms with E-state index in [-0.39, 0.29) is 17.9 Å². The first-order valence-corrected chi connectivity index (χ1v) is 8.43. The topological polar surface area (TPSA) is 52.7 Å². The number of anilines is 1. The Morgan fingerprint density at radius 3 is 2.20 bits per heavy atom. The number of amides is 2. The summed E-state index contributed by atoms with van der Waals surface area (Å²) in [7, 11) is 1.83. The minimum absolute atomic E-state index is 0.230. The lowest BCUT2D eigenvalue weighted by molar-refractivity contribution is -0.121. The van der Waals surface area contributed by atoms with Gasteiger partial charge in [0.2, 0.25) is 0 Å². The van der Waals surface area contributed by atoms with Gasteiger partial charge in [-0.1, -0.05) is 36.4 Å². The molecule has 2 amide bonds. The molecule has 0 bridgehead atoms. The van der Waals surface area contributed by atoms with E-state index in [0.717, 1.165) is 0 Å². The van der Waals surface area contributed by atoms with Gasteiger partial charge >= 0.3 is 0 Å². The standard InChI is InChI=1S/C19H19N3O2S/c1-13-16(20-17(23)14-9-5-3-6-10-14)18(24)22(19(25)21(13)2)15-11-7-4-8-12-15/h3-13,16H,1-2H3,(H,20,23). The molecule has 0 saturated carbocycles. The molecule has 5 nitrogen and oxygen atoms in total. The zero-order chi connectivity index (χ0) is 18.0. The highest BCUT2D eigenvalue weighted by atomic mass is 32.1. The van der Waals surface area contributed by atoms with Crippen molar-refractivity contribution in [3.05, 3.63) is 66.2 Å². The third-order valence-electron chi connectivity index (χ3n) is 4.41. The number of likely N-dealkylation sites (N-methyl/N-ethyl adjacent to an activating group) is 1. The molecule has 1 fully saturated rings. The number of para-hydroxylation sites is 1. The van der Waals surface area contributed by atoms with Crippen molar-refractivity contribution in [1.29, 1.82) is 0 Å². The Labute approximate surface area is 152 Å². The van der Waals surface area contributed by atoms with Crippen LogP contribution in [0.5, 0.6) is 0 Å². The number of nitrogens with one attached hydrogen (secondary N) is 1. The largest absolute Gasteiger partial charge is 0.346 e. The van der Waals surface area contributed by atoms with Gasteiger partial charge in [0.25, 0.3) is 11.8 Å². The smallest absolute Gasteiger partial charge is 0.258 e. The fraction of sp³-hybridized carbons (Fsp3) is 0.211. The van der Waals surface area contributed by atoms with Crippen LogP contribution in [0.2, 0.25) is 0 Å². The summed E-state index contributed by atoms with van der Waals surface area (Å²) in [6, 6.07) is 17.1. The van der Waals surface area contributed by atoms with Gasteiger partial charge in [-0.15, -0.1) is 0 Å². The predicted octanol–water partition coefficient (Wildman–Crippen LogP) is 2.44. The molecule has 1 saturated heterocycles. The summed E-state index contributed by atoms with van der Waals surface area (Å²) in [6.07, 6.45) is 0. The second-order valence-electron chi connectivity index (χ2n) is 5.96.